The molecule has 0 radical (unpaired) electrons. The topological polar surface area (TPSA) is 62.0 Å². The fourth-order valence-corrected chi connectivity index (χ4v) is 4.30. The van der Waals surface area contributed by atoms with Gasteiger partial charge in [-0.1, -0.05) is 0 Å². The van der Waals surface area contributed by atoms with Gasteiger partial charge < -0.3 is 10.3 Å². The van der Waals surface area contributed by atoms with Crippen LogP contribution in [0.2, 0.25) is 0 Å². The summed E-state index contributed by atoms with van der Waals surface area (Å²) in [5, 5.41) is 3.13. The lowest BCUT2D eigenvalue weighted by Gasteiger charge is -2.10. The summed E-state index contributed by atoms with van der Waals surface area (Å²) < 4.78 is 0. The molecule has 1 heterocycles. The van der Waals surface area contributed by atoms with Gasteiger partial charge in [-0.25, -0.2) is 0 Å². The van der Waals surface area contributed by atoms with E-state index in [1.807, 2.05) is 0 Å². The molecule has 3 fully saturated rings. The largest absolute Gasteiger partial charge is 0.349 e. The summed E-state index contributed by atoms with van der Waals surface area (Å²) in [4.78, 5) is 25.5. The van der Waals surface area contributed by atoms with Crippen LogP contribution in [-0.4, -0.2) is 16.9 Å². The number of fused-ring (bicyclic) bond motifs is 5. The monoisotopic (exact) mass is 244 g/mol. The number of rotatable bonds is 2. The van der Waals surface area contributed by atoms with E-state index in [4.69, 9.17) is 0 Å². The molecule has 0 aromatic carbocycles. The summed E-state index contributed by atoms with van der Waals surface area (Å²) in [5.41, 5.74) is 0.375. The van der Waals surface area contributed by atoms with Crippen molar-refractivity contribution in [2.75, 3.05) is 0 Å². The Hall–Kier alpha value is -1.58. The van der Waals surface area contributed by atoms with Crippen LogP contribution >= 0.6 is 0 Å². The van der Waals surface area contributed by atoms with E-state index >= 15 is 0 Å². The van der Waals surface area contributed by atoms with Gasteiger partial charge in [-0.05, 0) is 49.0 Å². The number of carbonyl (C=O) groups is 1. The van der Waals surface area contributed by atoms with E-state index in [1.54, 1.807) is 6.07 Å². The molecule has 0 saturated heterocycles. The molecule has 0 aliphatic heterocycles. The summed E-state index contributed by atoms with van der Waals surface area (Å²) in [6.07, 6.45) is 5.60. The average molecular weight is 244 g/mol. The van der Waals surface area contributed by atoms with E-state index in [0.29, 0.717) is 11.6 Å². The lowest BCUT2D eigenvalue weighted by Crippen LogP contribution is -2.30. The molecule has 2 N–H and O–H groups in total. The van der Waals surface area contributed by atoms with Gasteiger partial charge in [0.2, 0.25) is 5.56 Å². The number of amides is 1. The van der Waals surface area contributed by atoms with Crippen molar-refractivity contribution in [1.29, 1.82) is 0 Å². The number of H-pyrrole nitrogens is 1. The Balaban J connectivity index is 1.46. The number of hydrogen-bond donors (Lipinski definition) is 2. The molecule has 0 spiro atoms. The molecule has 1 amide bonds. The van der Waals surface area contributed by atoms with Gasteiger partial charge in [-0.15, -0.1) is 0 Å². The van der Waals surface area contributed by atoms with Crippen LogP contribution in [0.1, 0.15) is 29.6 Å². The van der Waals surface area contributed by atoms with Crippen molar-refractivity contribution in [3.05, 3.63) is 34.2 Å². The molecular formula is C14H16N2O2. The number of carbonyl (C=O) groups excluding carboxylic acids is 1. The fourth-order valence-electron chi connectivity index (χ4n) is 4.30. The standard InChI is InChI=1S/C14H16N2O2/c17-10-4-3-9(6-15-10)14(18)16-13-11-7-1-2-8(5-7)12(11)13/h3-4,6-8,11-13H,1-2,5H2,(H,15,17)(H,16,18). The van der Waals surface area contributed by atoms with E-state index in [0.717, 1.165) is 23.7 Å². The van der Waals surface area contributed by atoms with Gasteiger partial charge in [0, 0.05) is 18.3 Å². The molecule has 4 atom stereocenters. The highest BCUT2D eigenvalue weighted by Crippen LogP contribution is 2.65. The minimum Gasteiger partial charge on any atom is -0.349 e. The van der Waals surface area contributed by atoms with Crippen molar-refractivity contribution >= 4 is 5.91 Å². The minimum absolute atomic E-state index is 0.0509. The van der Waals surface area contributed by atoms with Crippen LogP contribution in [0.4, 0.5) is 0 Å². The summed E-state index contributed by atoms with van der Waals surface area (Å²) in [5.74, 6) is 3.16. The lowest BCUT2D eigenvalue weighted by atomic mass is 10.0. The normalized spacial score (nSPS) is 39.4. The predicted octanol–water partition coefficient (Wildman–Crippen LogP) is 1.15. The Bertz CT molecular complexity index is 529. The maximum Gasteiger partial charge on any atom is 0.252 e. The Morgan fingerprint density at radius 3 is 2.56 bits per heavy atom. The molecule has 4 nitrogen and oxygen atoms in total. The van der Waals surface area contributed by atoms with E-state index < -0.39 is 0 Å². The van der Waals surface area contributed by atoms with Gasteiger partial charge >= 0.3 is 0 Å². The summed E-state index contributed by atoms with van der Waals surface area (Å²) in [6.45, 7) is 0. The zero-order valence-corrected chi connectivity index (χ0v) is 10.1. The molecule has 4 unspecified atom stereocenters. The van der Waals surface area contributed by atoms with Gasteiger partial charge in [-0.2, -0.15) is 0 Å². The van der Waals surface area contributed by atoms with Crippen molar-refractivity contribution in [2.45, 2.75) is 25.3 Å². The first-order valence-electron chi connectivity index (χ1n) is 6.73. The quantitative estimate of drug-likeness (QED) is 0.819. The smallest absolute Gasteiger partial charge is 0.252 e. The second-order valence-electron chi connectivity index (χ2n) is 5.93. The second-order valence-corrected chi connectivity index (χ2v) is 5.93. The molecule has 94 valence electrons. The van der Waals surface area contributed by atoms with Crippen LogP contribution in [0, 0.1) is 23.7 Å². The van der Waals surface area contributed by atoms with Crippen LogP contribution < -0.4 is 10.9 Å². The number of aromatic amines is 1. The third kappa shape index (κ3) is 1.38. The number of hydrogen-bond acceptors (Lipinski definition) is 2. The predicted molar refractivity (Wildman–Crippen MR) is 66.1 cm³/mol. The molecule has 2 bridgehead atoms. The SMILES string of the molecule is O=C(NC1C2C3CCC(C3)C12)c1ccc(=O)[nH]c1. The molecule has 4 rings (SSSR count). The van der Waals surface area contributed by atoms with Gasteiger partial charge in [0.25, 0.3) is 5.91 Å². The Kier molecular flexibility index (Phi) is 1.99. The van der Waals surface area contributed by atoms with Gasteiger partial charge in [0.15, 0.2) is 0 Å². The number of pyridine rings is 1. The highest BCUT2D eigenvalue weighted by Gasteiger charge is 2.65. The Morgan fingerprint density at radius 1 is 1.22 bits per heavy atom. The van der Waals surface area contributed by atoms with Crippen molar-refractivity contribution < 1.29 is 4.79 Å². The van der Waals surface area contributed by atoms with Gasteiger partial charge in [-0.3, -0.25) is 9.59 Å². The van der Waals surface area contributed by atoms with Gasteiger partial charge in [0.1, 0.15) is 0 Å². The zero-order chi connectivity index (χ0) is 12.3. The van der Waals surface area contributed by atoms with Crippen LogP contribution in [-0.2, 0) is 0 Å². The van der Waals surface area contributed by atoms with Crippen molar-refractivity contribution in [3.63, 3.8) is 0 Å². The molecule has 1 aromatic heterocycles. The van der Waals surface area contributed by atoms with Crippen molar-refractivity contribution in [1.82, 2.24) is 10.3 Å². The first kappa shape index (κ1) is 10.4. The molecule has 3 saturated carbocycles. The number of aromatic nitrogens is 1. The number of nitrogens with one attached hydrogen (secondary N) is 2. The molecule has 3 aliphatic carbocycles. The fraction of sp³-hybridized carbons (Fsp3) is 0.571. The van der Waals surface area contributed by atoms with Gasteiger partial charge in [0.05, 0.1) is 5.56 Å². The van der Waals surface area contributed by atoms with Crippen LogP contribution in [0.3, 0.4) is 0 Å². The minimum atomic E-state index is -0.173. The zero-order valence-electron chi connectivity index (χ0n) is 10.1. The Morgan fingerprint density at radius 2 is 1.94 bits per heavy atom. The molecular weight excluding hydrogens is 228 g/mol. The molecule has 4 heteroatoms. The van der Waals surface area contributed by atoms with E-state index in [-0.39, 0.29) is 11.5 Å². The summed E-state index contributed by atoms with van der Waals surface area (Å²) in [6, 6.07) is 3.38. The van der Waals surface area contributed by atoms with E-state index in [9.17, 15) is 9.59 Å². The van der Waals surface area contributed by atoms with Crippen LogP contribution in [0.5, 0.6) is 0 Å². The maximum atomic E-state index is 12.0. The maximum absolute atomic E-state index is 12.0. The van der Waals surface area contributed by atoms with E-state index in [2.05, 4.69) is 10.3 Å². The first-order valence-corrected chi connectivity index (χ1v) is 6.73. The van der Waals surface area contributed by atoms with Crippen LogP contribution in [0.25, 0.3) is 0 Å². The molecule has 1 aromatic rings. The molecule has 18 heavy (non-hydrogen) atoms. The third-order valence-corrected chi connectivity index (χ3v) is 5.08. The third-order valence-electron chi connectivity index (χ3n) is 5.08. The van der Waals surface area contributed by atoms with E-state index in [1.165, 1.54) is 31.5 Å². The van der Waals surface area contributed by atoms with Crippen LogP contribution in [0.15, 0.2) is 23.1 Å². The first-order chi connectivity index (χ1) is 8.74. The average Bonchev–Trinajstić information content (AvgIpc) is 2.78. The highest BCUT2D eigenvalue weighted by molar-refractivity contribution is 5.94. The molecule has 3 aliphatic rings. The van der Waals surface area contributed by atoms with Crippen molar-refractivity contribution in [2.24, 2.45) is 23.7 Å². The Labute approximate surface area is 105 Å². The lowest BCUT2D eigenvalue weighted by molar-refractivity contribution is 0.0944. The second kappa shape index (κ2) is 3.46. The highest BCUT2D eigenvalue weighted by atomic mass is 16.2. The summed E-state index contributed by atoms with van der Waals surface area (Å²) in [7, 11) is 0. The van der Waals surface area contributed by atoms with Crippen molar-refractivity contribution in [3.8, 4) is 0 Å². The summed E-state index contributed by atoms with van der Waals surface area (Å²) >= 11 is 0.